The van der Waals surface area contributed by atoms with Gasteiger partial charge in [-0.1, -0.05) is 19.1 Å². The van der Waals surface area contributed by atoms with Gasteiger partial charge in [-0.25, -0.2) is 12.8 Å². The fourth-order valence-electron chi connectivity index (χ4n) is 3.45. The Balaban J connectivity index is 2.42. The first-order chi connectivity index (χ1) is 16.0. The Morgan fingerprint density at radius 2 is 1.65 bits per heavy atom. The van der Waals surface area contributed by atoms with E-state index in [0.29, 0.717) is 17.7 Å². The fourth-order valence-corrected chi connectivity index (χ4v) is 4.30. The molecule has 0 heterocycles. The zero-order valence-corrected chi connectivity index (χ0v) is 20.9. The first kappa shape index (κ1) is 27.1. The van der Waals surface area contributed by atoms with Gasteiger partial charge in [0.15, 0.2) is 0 Å². The van der Waals surface area contributed by atoms with Gasteiger partial charge in [-0.15, -0.1) is 0 Å². The lowest BCUT2D eigenvalue weighted by atomic mass is 10.1. The molecule has 0 aliphatic heterocycles. The number of benzene rings is 2. The Labute approximate surface area is 200 Å². The molecule has 0 fully saturated rings. The van der Waals surface area contributed by atoms with Crippen molar-refractivity contribution < 1.29 is 27.1 Å². The number of sulfonamides is 1. The van der Waals surface area contributed by atoms with Gasteiger partial charge in [0.2, 0.25) is 21.8 Å². The zero-order chi connectivity index (χ0) is 25.5. The molecule has 0 saturated carbocycles. The van der Waals surface area contributed by atoms with Crippen molar-refractivity contribution in [2.45, 2.75) is 45.8 Å². The molecule has 0 saturated heterocycles. The molecule has 186 valence electrons. The van der Waals surface area contributed by atoms with E-state index in [-0.39, 0.29) is 24.2 Å². The molecule has 1 atom stereocenters. The third-order valence-corrected chi connectivity index (χ3v) is 6.26. The van der Waals surface area contributed by atoms with Crippen LogP contribution in [0.25, 0.3) is 0 Å². The summed E-state index contributed by atoms with van der Waals surface area (Å²) >= 11 is 0. The molecule has 0 spiro atoms. The summed E-state index contributed by atoms with van der Waals surface area (Å²) in [6.07, 6.45) is 1.32. The third-order valence-electron chi connectivity index (χ3n) is 5.12. The minimum absolute atomic E-state index is 0.0172. The van der Waals surface area contributed by atoms with Gasteiger partial charge in [-0.2, -0.15) is 0 Å². The van der Waals surface area contributed by atoms with Gasteiger partial charge in [0.25, 0.3) is 0 Å². The van der Waals surface area contributed by atoms with Crippen LogP contribution in [0.4, 0.5) is 10.1 Å². The maximum absolute atomic E-state index is 13.5. The largest absolute Gasteiger partial charge is 0.497 e. The molecule has 2 amide bonds. The molecule has 2 rings (SSSR count). The van der Waals surface area contributed by atoms with Crippen LogP contribution in [0, 0.1) is 5.82 Å². The fraction of sp³-hybridized carbons (Fsp3) is 0.417. The average molecular weight is 494 g/mol. The van der Waals surface area contributed by atoms with Crippen molar-refractivity contribution >= 4 is 27.5 Å². The number of anilines is 1. The molecule has 0 aliphatic carbocycles. The highest BCUT2D eigenvalue weighted by Crippen LogP contribution is 2.22. The number of ether oxygens (including phenoxy) is 1. The second-order valence-corrected chi connectivity index (χ2v) is 10.1. The molecule has 1 N–H and O–H groups in total. The number of hydrogen-bond donors (Lipinski definition) is 1. The molecule has 2 aromatic rings. The smallest absolute Gasteiger partial charge is 0.244 e. The number of halogens is 1. The predicted octanol–water partition coefficient (Wildman–Crippen LogP) is 2.93. The zero-order valence-electron chi connectivity index (χ0n) is 20.1. The van der Waals surface area contributed by atoms with E-state index in [2.05, 4.69) is 5.32 Å². The molecule has 10 heteroatoms. The van der Waals surface area contributed by atoms with E-state index >= 15 is 0 Å². The van der Waals surface area contributed by atoms with E-state index < -0.39 is 34.3 Å². The van der Waals surface area contributed by atoms with Crippen molar-refractivity contribution in [1.82, 2.24) is 10.2 Å². The molecule has 0 aliphatic rings. The van der Waals surface area contributed by atoms with Crippen LogP contribution < -0.4 is 14.4 Å². The Bertz CT molecular complexity index is 1070. The molecule has 0 radical (unpaired) electrons. The summed E-state index contributed by atoms with van der Waals surface area (Å²) in [5, 5.41) is 2.81. The topological polar surface area (TPSA) is 96.0 Å². The van der Waals surface area contributed by atoms with Gasteiger partial charge < -0.3 is 15.0 Å². The van der Waals surface area contributed by atoms with Crippen molar-refractivity contribution in [3.05, 3.63) is 59.9 Å². The highest BCUT2D eigenvalue weighted by atomic mass is 32.2. The number of nitrogens with one attached hydrogen (secondary N) is 1. The molecule has 0 aromatic heterocycles. The minimum atomic E-state index is -3.82. The van der Waals surface area contributed by atoms with E-state index in [1.54, 1.807) is 31.2 Å². The Morgan fingerprint density at radius 1 is 1.06 bits per heavy atom. The molecule has 0 bridgehead atoms. The number of amides is 2. The minimum Gasteiger partial charge on any atom is -0.497 e. The SMILES string of the molecule is CC[C@H](C(=O)NC(C)C)N(Cc1ccc(F)cc1)C(=O)CN(c1ccc(OC)cc1)S(C)(=O)=O. The van der Waals surface area contributed by atoms with Crippen LogP contribution in [0.2, 0.25) is 0 Å². The first-order valence-electron chi connectivity index (χ1n) is 10.9. The standard InChI is InChI=1S/C24H32FN3O5S/c1-6-22(24(30)26-17(2)3)27(15-18-7-9-19(25)10-8-18)23(29)16-28(34(5,31)32)20-11-13-21(33-4)14-12-20/h7-14,17,22H,6,15-16H2,1-5H3,(H,26,30)/t22-/m1/s1. The van der Waals surface area contributed by atoms with Gasteiger partial charge in [0, 0.05) is 12.6 Å². The number of methoxy groups -OCH3 is 1. The van der Waals surface area contributed by atoms with Crippen molar-refractivity contribution in [2.24, 2.45) is 0 Å². The lowest BCUT2D eigenvalue weighted by Gasteiger charge is -2.33. The molecule has 2 aromatic carbocycles. The highest BCUT2D eigenvalue weighted by Gasteiger charge is 2.32. The van der Waals surface area contributed by atoms with Crippen LogP contribution in [-0.2, 0) is 26.2 Å². The quantitative estimate of drug-likeness (QED) is 0.519. The molecule has 8 nitrogen and oxygen atoms in total. The summed E-state index contributed by atoms with van der Waals surface area (Å²) in [6, 6.07) is 10.9. The van der Waals surface area contributed by atoms with Gasteiger partial charge >= 0.3 is 0 Å². The first-order valence-corrected chi connectivity index (χ1v) is 12.8. The second kappa shape index (κ2) is 11.8. The summed E-state index contributed by atoms with van der Waals surface area (Å²) < 4.78 is 44.6. The maximum atomic E-state index is 13.5. The summed E-state index contributed by atoms with van der Waals surface area (Å²) in [6.45, 7) is 4.91. The van der Waals surface area contributed by atoms with Crippen LogP contribution in [-0.4, -0.2) is 57.1 Å². The van der Waals surface area contributed by atoms with E-state index in [1.165, 1.54) is 36.3 Å². The lowest BCUT2D eigenvalue weighted by Crippen LogP contribution is -2.53. The Morgan fingerprint density at radius 3 is 2.12 bits per heavy atom. The number of carbonyl (C=O) groups is 2. The van der Waals surface area contributed by atoms with Crippen molar-refractivity contribution in [2.75, 3.05) is 24.2 Å². The number of nitrogens with zero attached hydrogens (tertiary/aromatic N) is 2. The van der Waals surface area contributed by atoms with E-state index in [4.69, 9.17) is 4.74 Å². The normalized spacial score (nSPS) is 12.2. The van der Waals surface area contributed by atoms with Crippen molar-refractivity contribution in [3.8, 4) is 5.75 Å². The molecule has 34 heavy (non-hydrogen) atoms. The van der Waals surface area contributed by atoms with E-state index in [0.717, 1.165) is 10.6 Å². The molecular formula is C24H32FN3O5S. The third kappa shape index (κ3) is 7.44. The lowest BCUT2D eigenvalue weighted by molar-refractivity contribution is -0.140. The molecular weight excluding hydrogens is 461 g/mol. The summed E-state index contributed by atoms with van der Waals surface area (Å²) in [4.78, 5) is 27.7. The monoisotopic (exact) mass is 493 g/mol. The number of rotatable bonds is 11. The number of hydrogen-bond acceptors (Lipinski definition) is 5. The highest BCUT2D eigenvalue weighted by molar-refractivity contribution is 7.92. The van der Waals surface area contributed by atoms with Crippen LogP contribution in [0.5, 0.6) is 5.75 Å². The van der Waals surface area contributed by atoms with Crippen LogP contribution in [0.3, 0.4) is 0 Å². The molecule has 0 unspecified atom stereocenters. The predicted molar refractivity (Wildman–Crippen MR) is 129 cm³/mol. The second-order valence-electron chi connectivity index (χ2n) is 8.20. The summed E-state index contributed by atoms with van der Waals surface area (Å²) in [5.41, 5.74) is 0.902. The maximum Gasteiger partial charge on any atom is 0.244 e. The van der Waals surface area contributed by atoms with Crippen molar-refractivity contribution in [3.63, 3.8) is 0 Å². The Kier molecular flexibility index (Phi) is 9.43. The van der Waals surface area contributed by atoms with Gasteiger partial charge in [0.05, 0.1) is 19.1 Å². The van der Waals surface area contributed by atoms with Gasteiger partial charge in [-0.3, -0.25) is 13.9 Å². The van der Waals surface area contributed by atoms with Crippen LogP contribution in [0.15, 0.2) is 48.5 Å². The Hall–Kier alpha value is -3.14. The van der Waals surface area contributed by atoms with E-state index in [9.17, 15) is 22.4 Å². The van der Waals surface area contributed by atoms with Crippen LogP contribution >= 0.6 is 0 Å². The van der Waals surface area contributed by atoms with Gasteiger partial charge in [0.1, 0.15) is 24.2 Å². The van der Waals surface area contributed by atoms with Gasteiger partial charge in [-0.05, 0) is 62.2 Å². The summed E-state index contributed by atoms with van der Waals surface area (Å²) in [7, 11) is -2.33. The van der Waals surface area contributed by atoms with Crippen LogP contribution in [0.1, 0.15) is 32.8 Å². The average Bonchev–Trinajstić information content (AvgIpc) is 2.77. The van der Waals surface area contributed by atoms with Crippen molar-refractivity contribution in [1.29, 1.82) is 0 Å². The number of carbonyl (C=O) groups excluding carboxylic acids is 2. The van der Waals surface area contributed by atoms with E-state index in [1.807, 2.05) is 13.8 Å². The summed E-state index contributed by atoms with van der Waals surface area (Å²) in [5.74, 6) is -0.786.